The fourth-order valence-corrected chi connectivity index (χ4v) is 4.05. The number of rotatable bonds is 8. The molecule has 0 spiro atoms. The third-order valence-corrected chi connectivity index (χ3v) is 5.90. The fraction of sp³-hybridized carbons (Fsp3) is 0.154. The van der Waals surface area contributed by atoms with E-state index in [0.29, 0.717) is 28.8 Å². The topological polar surface area (TPSA) is 86.1 Å². The molecule has 4 rings (SSSR count). The zero-order chi connectivity index (χ0) is 23.9. The number of aryl methyl sites for hydroxylation is 1. The summed E-state index contributed by atoms with van der Waals surface area (Å²) in [6.07, 6.45) is 0. The van der Waals surface area contributed by atoms with Gasteiger partial charge in [-0.25, -0.2) is 4.79 Å². The van der Waals surface area contributed by atoms with Crippen molar-refractivity contribution in [3.63, 3.8) is 0 Å². The predicted molar refractivity (Wildman–Crippen MR) is 133 cm³/mol. The van der Waals surface area contributed by atoms with Crippen LogP contribution in [0.3, 0.4) is 0 Å². The van der Waals surface area contributed by atoms with Gasteiger partial charge in [-0.15, -0.1) is 10.2 Å². The van der Waals surface area contributed by atoms with Crippen molar-refractivity contribution >= 4 is 29.3 Å². The van der Waals surface area contributed by atoms with E-state index in [0.717, 1.165) is 16.8 Å². The van der Waals surface area contributed by atoms with Gasteiger partial charge in [0, 0.05) is 16.9 Å². The first-order chi connectivity index (χ1) is 16.5. The second-order valence-corrected chi connectivity index (χ2v) is 8.42. The highest BCUT2D eigenvalue weighted by Gasteiger charge is 2.17. The normalized spacial score (nSPS) is 10.6. The van der Waals surface area contributed by atoms with Crippen LogP contribution in [0.4, 0.5) is 5.69 Å². The third-order valence-electron chi connectivity index (χ3n) is 4.97. The van der Waals surface area contributed by atoms with Gasteiger partial charge in [-0.2, -0.15) is 0 Å². The second-order valence-electron chi connectivity index (χ2n) is 7.48. The maximum absolute atomic E-state index is 12.6. The van der Waals surface area contributed by atoms with Crippen LogP contribution in [0.1, 0.15) is 22.8 Å². The second kappa shape index (κ2) is 10.8. The molecule has 34 heavy (non-hydrogen) atoms. The first-order valence-electron chi connectivity index (χ1n) is 10.8. The van der Waals surface area contributed by atoms with Crippen LogP contribution in [-0.2, 0) is 9.53 Å². The third kappa shape index (κ3) is 5.52. The SMILES string of the molecule is CCOC(=O)c1ccc(NC(=O)CSc2nnc(-c3ccccc3)n2-c2ccc(C)cc2)cc1. The quantitative estimate of drug-likeness (QED) is 0.282. The number of carbonyl (C=O) groups is 2. The Morgan fingerprint density at radius 3 is 2.32 bits per heavy atom. The van der Waals surface area contributed by atoms with Gasteiger partial charge in [-0.1, -0.05) is 59.8 Å². The van der Waals surface area contributed by atoms with Crippen LogP contribution in [0.2, 0.25) is 0 Å². The number of nitrogens with one attached hydrogen (secondary N) is 1. The summed E-state index contributed by atoms with van der Waals surface area (Å²) < 4.78 is 6.94. The van der Waals surface area contributed by atoms with Gasteiger partial charge >= 0.3 is 5.97 Å². The summed E-state index contributed by atoms with van der Waals surface area (Å²) in [7, 11) is 0. The average molecular weight is 473 g/mol. The van der Waals surface area contributed by atoms with Gasteiger partial charge < -0.3 is 10.1 Å². The van der Waals surface area contributed by atoms with Gasteiger partial charge in [0.25, 0.3) is 0 Å². The molecule has 7 nitrogen and oxygen atoms in total. The van der Waals surface area contributed by atoms with Crippen molar-refractivity contribution in [1.29, 1.82) is 0 Å². The van der Waals surface area contributed by atoms with Crippen LogP contribution < -0.4 is 5.32 Å². The molecule has 0 aliphatic carbocycles. The van der Waals surface area contributed by atoms with Gasteiger partial charge in [0.2, 0.25) is 5.91 Å². The number of hydrogen-bond acceptors (Lipinski definition) is 6. The molecule has 0 radical (unpaired) electrons. The number of nitrogens with zero attached hydrogens (tertiary/aromatic N) is 3. The van der Waals surface area contributed by atoms with Crippen LogP contribution in [0, 0.1) is 6.92 Å². The minimum atomic E-state index is -0.388. The molecule has 1 heterocycles. The number of amides is 1. The minimum absolute atomic E-state index is 0.151. The average Bonchev–Trinajstić information content (AvgIpc) is 3.28. The molecule has 1 amide bonds. The molecule has 1 N–H and O–H groups in total. The Kier molecular flexibility index (Phi) is 7.39. The molecule has 0 unspecified atom stereocenters. The van der Waals surface area contributed by atoms with Crippen molar-refractivity contribution in [1.82, 2.24) is 14.8 Å². The Morgan fingerprint density at radius 2 is 1.65 bits per heavy atom. The summed E-state index contributed by atoms with van der Waals surface area (Å²) >= 11 is 1.31. The van der Waals surface area contributed by atoms with Crippen LogP contribution in [0.25, 0.3) is 17.1 Å². The van der Waals surface area contributed by atoms with E-state index in [2.05, 4.69) is 15.5 Å². The Bertz CT molecular complexity index is 1270. The van der Waals surface area contributed by atoms with E-state index in [9.17, 15) is 9.59 Å². The zero-order valence-electron chi connectivity index (χ0n) is 18.9. The smallest absolute Gasteiger partial charge is 0.338 e. The molecule has 0 aliphatic heterocycles. The van der Waals surface area contributed by atoms with Crippen molar-refractivity contribution in [2.24, 2.45) is 0 Å². The van der Waals surface area contributed by atoms with Gasteiger partial charge in [-0.3, -0.25) is 9.36 Å². The van der Waals surface area contributed by atoms with Crippen LogP contribution >= 0.6 is 11.8 Å². The molecular weight excluding hydrogens is 448 g/mol. The number of carbonyl (C=O) groups excluding carboxylic acids is 2. The molecule has 0 saturated carbocycles. The van der Waals surface area contributed by atoms with Crippen molar-refractivity contribution in [3.05, 3.63) is 90.0 Å². The van der Waals surface area contributed by atoms with Gasteiger partial charge in [0.05, 0.1) is 17.9 Å². The lowest BCUT2D eigenvalue weighted by atomic mass is 10.2. The van der Waals surface area contributed by atoms with Crippen LogP contribution in [0.15, 0.2) is 84.0 Å². The number of aromatic nitrogens is 3. The van der Waals surface area contributed by atoms with E-state index in [1.807, 2.05) is 66.1 Å². The molecule has 172 valence electrons. The largest absolute Gasteiger partial charge is 0.462 e. The van der Waals surface area contributed by atoms with E-state index >= 15 is 0 Å². The summed E-state index contributed by atoms with van der Waals surface area (Å²) in [5.41, 5.74) is 4.05. The first kappa shape index (κ1) is 23.3. The van der Waals surface area contributed by atoms with E-state index < -0.39 is 0 Å². The van der Waals surface area contributed by atoms with E-state index in [1.54, 1.807) is 31.2 Å². The van der Waals surface area contributed by atoms with E-state index in [4.69, 9.17) is 4.74 Å². The predicted octanol–water partition coefficient (Wildman–Crippen LogP) is 5.15. The lowest BCUT2D eigenvalue weighted by molar-refractivity contribution is -0.113. The lowest BCUT2D eigenvalue weighted by Crippen LogP contribution is -2.15. The van der Waals surface area contributed by atoms with Crippen LogP contribution in [-0.4, -0.2) is 39.0 Å². The maximum atomic E-state index is 12.6. The standard InChI is InChI=1S/C26H24N4O3S/c1-3-33-25(32)20-11-13-21(14-12-20)27-23(31)17-34-26-29-28-24(19-7-5-4-6-8-19)30(26)22-15-9-18(2)10-16-22/h4-16H,3,17H2,1-2H3,(H,27,31). The monoisotopic (exact) mass is 472 g/mol. The number of hydrogen-bond donors (Lipinski definition) is 1. The van der Waals surface area contributed by atoms with Crippen molar-refractivity contribution in [3.8, 4) is 17.1 Å². The Labute approximate surface area is 202 Å². The molecule has 3 aromatic carbocycles. The highest BCUT2D eigenvalue weighted by atomic mass is 32.2. The maximum Gasteiger partial charge on any atom is 0.338 e. The van der Waals surface area contributed by atoms with Gasteiger partial charge in [0.1, 0.15) is 0 Å². The van der Waals surface area contributed by atoms with Crippen molar-refractivity contribution in [2.75, 3.05) is 17.7 Å². The number of esters is 1. The highest BCUT2D eigenvalue weighted by Crippen LogP contribution is 2.28. The first-order valence-corrected chi connectivity index (χ1v) is 11.8. The molecule has 0 atom stereocenters. The van der Waals surface area contributed by atoms with Gasteiger partial charge in [0.15, 0.2) is 11.0 Å². The molecule has 0 saturated heterocycles. The molecular formula is C26H24N4O3S. The summed E-state index contributed by atoms with van der Waals surface area (Å²) in [5, 5.41) is 12.2. The van der Waals surface area contributed by atoms with Crippen molar-refractivity contribution in [2.45, 2.75) is 19.0 Å². The lowest BCUT2D eigenvalue weighted by Gasteiger charge is -2.11. The van der Waals surface area contributed by atoms with E-state index in [-0.39, 0.29) is 17.6 Å². The van der Waals surface area contributed by atoms with Crippen LogP contribution in [0.5, 0.6) is 0 Å². The zero-order valence-corrected chi connectivity index (χ0v) is 19.7. The number of benzene rings is 3. The summed E-state index contributed by atoms with van der Waals surface area (Å²) in [6.45, 7) is 4.10. The molecule has 8 heteroatoms. The highest BCUT2D eigenvalue weighted by molar-refractivity contribution is 7.99. The summed E-state index contributed by atoms with van der Waals surface area (Å²) in [6, 6.07) is 24.5. The Hall–Kier alpha value is -3.91. The number of thioether (sulfide) groups is 1. The Balaban J connectivity index is 1.49. The van der Waals surface area contributed by atoms with Crippen molar-refractivity contribution < 1.29 is 14.3 Å². The summed E-state index contributed by atoms with van der Waals surface area (Å²) in [5.74, 6) is 0.286. The molecule has 0 aliphatic rings. The summed E-state index contributed by atoms with van der Waals surface area (Å²) in [4.78, 5) is 24.4. The van der Waals surface area contributed by atoms with Gasteiger partial charge in [-0.05, 0) is 50.2 Å². The molecule has 4 aromatic rings. The minimum Gasteiger partial charge on any atom is -0.462 e. The number of ether oxygens (including phenoxy) is 1. The number of anilines is 1. The Morgan fingerprint density at radius 1 is 0.941 bits per heavy atom. The fourth-order valence-electron chi connectivity index (χ4n) is 3.30. The van der Waals surface area contributed by atoms with E-state index in [1.165, 1.54) is 11.8 Å². The molecule has 0 bridgehead atoms. The molecule has 0 fully saturated rings. The molecule has 1 aromatic heterocycles.